The first-order valence-corrected chi connectivity index (χ1v) is 9.84. The van der Waals surface area contributed by atoms with Crippen molar-refractivity contribution in [3.63, 3.8) is 0 Å². The Kier molecular flexibility index (Phi) is 35.1. The summed E-state index contributed by atoms with van der Waals surface area (Å²) in [6, 6.07) is 0.505. The van der Waals surface area contributed by atoms with Gasteiger partial charge < -0.3 is 10.1 Å². The average Bonchev–Trinajstić information content (AvgIpc) is 2.73. The maximum atomic E-state index is 11.4. The zero-order valence-electron chi connectivity index (χ0n) is 19.5. The monoisotopic (exact) mass is 487 g/mol. The number of amides is 1. The van der Waals surface area contributed by atoms with Crippen LogP contribution in [0.25, 0.3) is 0 Å². The molecule has 14 heteroatoms. The van der Waals surface area contributed by atoms with Gasteiger partial charge in [-0.1, -0.05) is 14.9 Å². The summed E-state index contributed by atoms with van der Waals surface area (Å²) in [6.07, 6.45) is 2.45. The second-order valence-corrected chi connectivity index (χ2v) is 6.59. The van der Waals surface area contributed by atoms with E-state index in [1.807, 2.05) is 14.0 Å². The predicted octanol–water partition coefficient (Wildman–Crippen LogP) is 0.493. The number of carbonyl (C=O) groups is 4. The molecular weight excluding hydrogens is 444 g/mol. The number of hydrogen-bond acceptors (Lipinski definition) is 9. The molecule has 4 N–H and O–H groups in total. The van der Waals surface area contributed by atoms with Crippen LogP contribution >= 0.6 is 0 Å². The molecule has 196 valence electrons. The number of carboxylic acid groups (broad SMARTS) is 2. The maximum absolute atomic E-state index is 11.4. The van der Waals surface area contributed by atoms with Crippen LogP contribution in [-0.4, -0.2) is 114 Å². The van der Waals surface area contributed by atoms with Crippen LogP contribution in [0.2, 0.25) is 0 Å². The van der Waals surface area contributed by atoms with E-state index < -0.39 is 11.9 Å². The predicted molar refractivity (Wildman–Crippen MR) is 134 cm³/mol. The van der Waals surface area contributed by atoms with Crippen LogP contribution in [0, 0.1) is 0 Å². The van der Waals surface area contributed by atoms with Crippen LogP contribution in [0.1, 0.15) is 48.0 Å². The molecule has 0 aromatic heterocycles. The molecule has 0 aromatic carbocycles. The zero-order chi connectivity index (χ0) is 25.5. The third kappa shape index (κ3) is 31.7. The Bertz CT molecular complexity index is 584. The van der Waals surface area contributed by atoms with Crippen LogP contribution < -0.4 is 10.6 Å². The topological polar surface area (TPSA) is 170 Å². The van der Waals surface area contributed by atoms with Crippen molar-refractivity contribution in [3.8, 4) is 0 Å². The SMILES string of the molecule is C.C.CNC(C)CCCC(=O)OC.[B]=NCC(=O)N(CC(=O)O)CC(C)NC.[B]=NCC(=O)O. The van der Waals surface area contributed by atoms with Gasteiger partial charge in [0.2, 0.25) is 0 Å². The fourth-order valence-corrected chi connectivity index (χ4v) is 1.89. The molecule has 34 heavy (non-hydrogen) atoms. The van der Waals surface area contributed by atoms with Gasteiger partial charge in [0, 0.05) is 12.5 Å². The second-order valence-electron chi connectivity index (χ2n) is 6.59. The molecule has 0 aliphatic heterocycles. The fraction of sp³-hybridized carbons (Fsp3) is 0.800. The van der Waals surface area contributed by atoms with Crippen molar-refractivity contribution in [2.24, 2.45) is 9.79 Å². The molecule has 0 rings (SSSR count). The molecule has 0 fully saturated rings. The first kappa shape index (κ1) is 41.8. The van der Waals surface area contributed by atoms with Crippen molar-refractivity contribution in [1.82, 2.24) is 15.5 Å². The first-order chi connectivity index (χ1) is 15.0. The number of carboxylic acids is 2. The molecular formula is C20H43B2N5O7. The molecule has 2 radical (unpaired) electrons. The third-order valence-electron chi connectivity index (χ3n) is 3.86. The number of nitrogens with zero attached hydrogens (tertiary/aromatic N) is 3. The van der Waals surface area contributed by atoms with Gasteiger partial charge in [-0.3, -0.25) is 4.79 Å². The van der Waals surface area contributed by atoms with Gasteiger partial charge in [0.15, 0.2) is 0 Å². The van der Waals surface area contributed by atoms with Gasteiger partial charge in [0.25, 0.3) is 0 Å². The summed E-state index contributed by atoms with van der Waals surface area (Å²) >= 11 is 0. The van der Waals surface area contributed by atoms with E-state index >= 15 is 0 Å². The number of rotatable bonds is 14. The Morgan fingerprint density at radius 1 is 0.941 bits per heavy atom. The van der Waals surface area contributed by atoms with Crippen molar-refractivity contribution in [1.29, 1.82) is 0 Å². The number of nitrogens with one attached hydrogen (secondary N) is 2. The van der Waals surface area contributed by atoms with E-state index in [-0.39, 0.29) is 52.4 Å². The molecule has 12 nitrogen and oxygen atoms in total. The number of ether oxygens (including phenoxy) is 1. The molecule has 0 spiro atoms. The van der Waals surface area contributed by atoms with Crippen LogP contribution in [0.15, 0.2) is 9.79 Å². The number of hydrogen-bond donors (Lipinski definition) is 4. The van der Waals surface area contributed by atoms with Gasteiger partial charge in [-0.25, -0.2) is 0 Å². The van der Waals surface area contributed by atoms with Gasteiger partial charge in [0.1, 0.15) is 0 Å². The number of aliphatic carboxylic acids is 2. The van der Waals surface area contributed by atoms with E-state index in [1.165, 1.54) is 12.0 Å². The van der Waals surface area contributed by atoms with Crippen LogP contribution in [0.4, 0.5) is 0 Å². The second kappa shape index (κ2) is 28.6. The van der Waals surface area contributed by atoms with Crippen LogP contribution in [0.5, 0.6) is 0 Å². The summed E-state index contributed by atoms with van der Waals surface area (Å²) in [5, 5.41) is 22.4. The minimum atomic E-state index is -1.05. The van der Waals surface area contributed by atoms with Gasteiger partial charge in [-0.15, -0.1) is 0 Å². The van der Waals surface area contributed by atoms with E-state index in [1.54, 1.807) is 7.05 Å². The van der Waals surface area contributed by atoms with Crippen LogP contribution in [-0.2, 0) is 23.9 Å². The summed E-state index contributed by atoms with van der Waals surface area (Å²) in [5.41, 5.74) is 0. The summed E-state index contributed by atoms with van der Waals surface area (Å²) < 4.78 is 4.51. The minimum absolute atomic E-state index is 0. The van der Waals surface area contributed by atoms with Crippen molar-refractivity contribution in [2.75, 3.05) is 47.4 Å². The van der Waals surface area contributed by atoms with Gasteiger partial charge in [-0.05, 0) is 26.8 Å². The van der Waals surface area contributed by atoms with Gasteiger partial charge in [0.05, 0.1) is 7.11 Å². The summed E-state index contributed by atoms with van der Waals surface area (Å²) in [5.74, 6) is -2.56. The zero-order valence-corrected chi connectivity index (χ0v) is 19.5. The molecule has 0 bridgehead atoms. The Hall–Kier alpha value is -2.47. The van der Waals surface area contributed by atoms with E-state index in [0.717, 1.165) is 12.8 Å². The standard InChI is InChI=1S/C8H15BN3O3.C8H17NO2.C2H3BNO2.2CH4/c1-6(10-2)4-12(5-8(14)15)7(13)3-11-9;1-7(9-2)5-4-6-8(10)11-3;3-4-1-2(5)6;;/h6,10H,3-5H2,1-2H3,(H,14,15);7,9H,4-6H2,1-3H3;1H2,(H,5,6);2*1H4. The van der Waals surface area contributed by atoms with Crippen molar-refractivity contribution >= 4 is 39.1 Å². The van der Waals surface area contributed by atoms with E-state index in [2.05, 4.69) is 39.7 Å². The first-order valence-electron chi connectivity index (χ1n) is 9.84. The van der Waals surface area contributed by atoms with E-state index in [9.17, 15) is 19.2 Å². The molecule has 0 saturated heterocycles. The Morgan fingerprint density at radius 3 is 1.76 bits per heavy atom. The van der Waals surface area contributed by atoms with E-state index in [4.69, 9.17) is 17.9 Å². The third-order valence-corrected chi connectivity index (χ3v) is 3.86. The molecule has 1 amide bonds. The molecule has 0 saturated carbocycles. The quantitative estimate of drug-likeness (QED) is 0.201. The number of likely N-dealkylation sites (N-methyl/N-ethyl adjacent to an activating group) is 1. The average molecular weight is 487 g/mol. The van der Waals surface area contributed by atoms with Crippen molar-refractivity contribution in [3.05, 3.63) is 0 Å². The number of carbonyl (C=O) groups excluding carboxylic acids is 2. The summed E-state index contributed by atoms with van der Waals surface area (Å²) in [4.78, 5) is 49.2. The normalized spacial score (nSPS) is 10.6. The van der Waals surface area contributed by atoms with Gasteiger partial charge >= 0.3 is 130 Å². The molecule has 2 unspecified atom stereocenters. The summed E-state index contributed by atoms with van der Waals surface area (Å²) in [6.45, 7) is 3.43. The van der Waals surface area contributed by atoms with Crippen molar-refractivity contribution in [2.45, 2.75) is 60.0 Å². The molecule has 0 aliphatic carbocycles. The molecule has 2 atom stereocenters. The van der Waals surface area contributed by atoms with Gasteiger partial charge in [-0.2, -0.15) is 0 Å². The Balaban J connectivity index is -0.000000131. The fourth-order valence-electron chi connectivity index (χ4n) is 1.89. The van der Waals surface area contributed by atoms with Crippen LogP contribution in [0.3, 0.4) is 0 Å². The van der Waals surface area contributed by atoms with Crippen molar-refractivity contribution < 1.29 is 34.1 Å². The molecule has 0 aromatic rings. The number of esters is 1. The molecule has 0 aliphatic rings. The number of methoxy groups -OCH3 is 1. The Morgan fingerprint density at radius 2 is 1.44 bits per heavy atom. The Labute approximate surface area is 206 Å². The summed E-state index contributed by atoms with van der Waals surface area (Å²) in [7, 11) is 14.4. The molecule has 0 heterocycles. The van der Waals surface area contributed by atoms with E-state index in [0.29, 0.717) is 19.0 Å².